The number of sulfonamides is 1. The molecule has 0 saturated carbocycles. The molecule has 28 heavy (non-hydrogen) atoms. The van der Waals surface area contributed by atoms with Crippen molar-refractivity contribution >= 4 is 10.0 Å². The fourth-order valence-corrected chi connectivity index (χ4v) is 5.33. The molecule has 2 aromatic heterocycles. The third-order valence-corrected chi connectivity index (χ3v) is 6.98. The van der Waals surface area contributed by atoms with Gasteiger partial charge in [-0.25, -0.2) is 13.4 Å². The molecule has 3 heterocycles. The van der Waals surface area contributed by atoms with E-state index in [1.165, 1.54) is 0 Å². The van der Waals surface area contributed by atoms with Crippen molar-refractivity contribution in [3.63, 3.8) is 0 Å². The summed E-state index contributed by atoms with van der Waals surface area (Å²) in [6, 6.07) is 8.03. The summed E-state index contributed by atoms with van der Waals surface area (Å²) in [5, 5.41) is 4.39. The summed E-state index contributed by atoms with van der Waals surface area (Å²) in [6.45, 7) is 4.74. The minimum atomic E-state index is -3.70. The first-order valence-electron chi connectivity index (χ1n) is 9.37. The van der Waals surface area contributed by atoms with Crippen molar-refractivity contribution in [2.75, 3.05) is 6.54 Å². The van der Waals surface area contributed by atoms with Crippen LogP contribution in [0.4, 0.5) is 0 Å². The number of benzene rings is 1. The summed E-state index contributed by atoms with van der Waals surface area (Å²) in [5.41, 5.74) is 3.19. The van der Waals surface area contributed by atoms with Crippen molar-refractivity contribution < 1.29 is 8.42 Å². The molecule has 0 N–H and O–H groups in total. The highest BCUT2D eigenvalue weighted by molar-refractivity contribution is 7.89. The Balaban J connectivity index is 1.75. The number of imidazole rings is 1. The normalized spacial score (nSPS) is 17.8. The minimum absolute atomic E-state index is 0.0540. The molecule has 0 spiro atoms. The number of rotatable bonds is 4. The third kappa shape index (κ3) is 3.16. The predicted molar refractivity (Wildman–Crippen MR) is 106 cm³/mol. The lowest BCUT2D eigenvalue weighted by Crippen LogP contribution is -2.38. The van der Waals surface area contributed by atoms with Gasteiger partial charge in [-0.05, 0) is 16.7 Å². The van der Waals surface area contributed by atoms with Crippen LogP contribution in [0, 0.1) is 0 Å². The Morgan fingerprint density at radius 3 is 2.54 bits per heavy atom. The summed E-state index contributed by atoms with van der Waals surface area (Å²) in [6.07, 6.45) is 5.38. The maximum absolute atomic E-state index is 13.4. The molecule has 0 fully saturated rings. The van der Waals surface area contributed by atoms with E-state index < -0.39 is 10.0 Å². The number of fused-ring (bicyclic) bond motifs is 1. The summed E-state index contributed by atoms with van der Waals surface area (Å²) in [7, 11) is 0.00785. The average molecular weight is 400 g/mol. The van der Waals surface area contributed by atoms with E-state index in [0.29, 0.717) is 13.1 Å². The van der Waals surface area contributed by atoms with Crippen LogP contribution in [0.25, 0.3) is 0 Å². The van der Waals surface area contributed by atoms with Crippen molar-refractivity contribution in [1.82, 2.24) is 23.6 Å². The fraction of sp³-hybridized carbons (Fsp3) is 0.400. The van der Waals surface area contributed by atoms with Gasteiger partial charge in [0.15, 0.2) is 5.03 Å². The van der Waals surface area contributed by atoms with Crippen LogP contribution in [0.5, 0.6) is 0 Å². The molecule has 1 unspecified atom stereocenters. The second kappa shape index (κ2) is 6.86. The van der Waals surface area contributed by atoms with Crippen LogP contribution < -0.4 is 0 Å². The molecular weight excluding hydrogens is 374 g/mol. The third-order valence-electron chi connectivity index (χ3n) is 5.30. The zero-order valence-corrected chi connectivity index (χ0v) is 17.4. The minimum Gasteiger partial charge on any atom is -0.336 e. The number of nitrogens with zero attached hydrogens (tertiary/aromatic N) is 5. The standard InChI is InChI=1S/C20H25N5O2S/c1-14(2)20-22-19(13-23(20)3)28(26,27)25-11-15-7-5-6-8-17(15)18(12-25)16-9-21-24(4)10-16/h5-10,13-14,18H,11-12H2,1-4H3. The lowest BCUT2D eigenvalue weighted by atomic mass is 9.87. The van der Waals surface area contributed by atoms with E-state index in [1.807, 2.05) is 58.5 Å². The molecule has 0 amide bonds. The molecule has 0 aliphatic carbocycles. The first-order valence-corrected chi connectivity index (χ1v) is 10.8. The van der Waals surface area contributed by atoms with Gasteiger partial charge in [0.1, 0.15) is 5.82 Å². The van der Waals surface area contributed by atoms with E-state index in [9.17, 15) is 8.42 Å². The molecule has 1 aliphatic heterocycles. The summed E-state index contributed by atoms with van der Waals surface area (Å²) < 4.78 is 31.9. The summed E-state index contributed by atoms with van der Waals surface area (Å²) in [5.74, 6) is 0.862. The van der Waals surface area contributed by atoms with E-state index in [-0.39, 0.29) is 16.9 Å². The SMILES string of the molecule is CC(C)c1nc(S(=O)(=O)N2Cc3ccccc3C(c3cnn(C)c3)C2)cn1C. The van der Waals surface area contributed by atoms with Crippen LogP contribution in [0.2, 0.25) is 0 Å². The van der Waals surface area contributed by atoms with Gasteiger partial charge in [-0.3, -0.25) is 4.68 Å². The van der Waals surface area contributed by atoms with Crippen LogP contribution in [-0.2, 0) is 30.7 Å². The number of hydrogen-bond acceptors (Lipinski definition) is 4. The van der Waals surface area contributed by atoms with Crippen LogP contribution in [0.1, 0.15) is 48.2 Å². The Morgan fingerprint density at radius 2 is 1.89 bits per heavy atom. The van der Waals surface area contributed by atoms with Crippen molar-refractivity contribution in [3.05, 3.63) is 65.4 Å². The van der Waals surface area contributed by atoms with E-state index in [2.05, 4.69) is 16.1 Å². The molecule has 8 heteroatoms. The Bertz CT molecular complexity index is 1110. The van der Waals surface area contributed by atoms with Crippen LogP contribution in [-0.4, -0.2) is 38.6 Å². The lowest BCUT2D eigenvalue weighted by Gasteiger charge is -2.33. The quantitative estimate of drug-likeness (QED) is 0.676. The van der Waals surface area contributed by atoms with E-state index in [1.54, 1.807) is 19.8 Å². The summed E-state index contributed by atoms with van der Waals surface area (Å²) in [4.78, 5) is 4.43. The molecule has 0 saturated heterocycles. The zero-order valence-electron chi connectivity index (χ0n) is 16.6. The van der Waals surface area contributed by atoms with Gasteiger partial charge in [0.25, 0.3) is 10.0 Å². The van der Waals surface area contributed by atoms with E-state index >= 15 is 0 Å². The number of hydrogen-bond donors (Lipinski definition) is 0. The maximum atomic E-state index is 13.4. The Kier molecular flexibility index (Phi) is 4.63. The second-order valence-corrected chi connectivity index (χ2v) is 9.58. The van der Waals surface area contributed by atoms with E-state index in [0.717, 1.165) is 22.5 Å². The number of aromatic nitrogens is 4. The largest absolute Gasteiger partial charge is 0.336 e. The average Bonchev–Trinajstić information content (AvgIpc) is 3.27. The molecule has 0 bridgehead atoms. The molecule has 3 aromatic rings. The van der Waals surface area contributed by atoms with Crippen molar-refractivity contribution in [2.45, 2.75) is 37.3 Å². The molecule has 1 aromatic carbocycles. The smallest absolute Gasteiger partial charge is 0.262 e. The van der Waals surface area contributed by atoms with Crippen LogP contribution >= 0.6 is 0 Å². The highest BCUT2D eigenvalue weighted by Gasteiger charge is 2.36. The lowest BCUT2D eigenvalue weighted by molar-refractivity contribution is 0.370. The Morgan fingerprint density at radius 1 is 1.14 bits per heavy atom. The molecular formula is C20H25N5O2S. The van der Waals surface area contributed by atoms with Gasteiger partial charge in [0.2, 0.25) is 0 Å². The topological polar surface area (TPSA) is 73.0 Å². The van der Waals surface area contributed by atoms with Crippen LogP contribution in [0.3, 0.4) is 0 Å². The van der Waals surface area contributed by atoms with E-state index in [4.69, 9.17) is 0 Å². The zero-order chi connectivity index (χ0) is 20.1. The monoisotopic (exact) mass is 399 g/mol. The molecule has 1 aliphatic rings. The Hall–Kier alpha value is -2.45. The molecule has 148 valence electrons. The Labute approximate surface area is 165 Å². The van der Waals surface area contributed by atoms with Gasteiger partial charge in [-0.1, -0.05) is 38.1 Å². The highest BCUT2D eigenvalue weighted by Crippen LogP contribution is 2.35. The molecule has 0 radical (unpaired) electrons. The fourth-order valence-electron chi connectivity index (χ4n) is 3.91. The van der Waals surface area contributed by atoms with Crippen LogP contribution in [0.15, 0.2) is 47.9 Å². The van der Waals surface area contributed by atoms with Gasteiger partial charge in [-0.15, -0.1) is 0 Å². The van der Waals surface area contributed by atoms with Gasteiger partial charge in [0, 0.05) is 51.4 Å². The first-order chi connectivity index (χ1) is 13.3. The van der Waals surface area contributed by atoms with Crippen molar-refractivity contribution in [3.8, 4) is 0 Å². The van der Waals surface area contributed by atoms with Gasteiger partial charge < -0.3 is 4.57 Å². The predicted octanol–water partition coefficient (Wildman–Crippen LogP) is 2.61. The number of aryl methyl sites for hydroxylation is 2. The molecule has 4 rings (SSSR count). The molecule has 1 atom stereocenters. The second-order valence-electron chi connectivity index (χ2n) is 7.70. The van der Waals surface area contributed by atoms with Gasteiger partial charge >= 0.3 is 0 Å². The first kappa shape index (κ1) is 18.9. The molecule has 7 nitrogen and oxygen atoms in total. The van der Waals surface area contributed by atoms with Gasteiger partial charge in [-0.2, -0.15) is 9.40 Å². The van der Waals surface area contributed by atoms with Crippen molar-refractivity contribution in [1.29, 1.82) is 0 Å². The summed E-state index contributed by atoms with van der Waals surface area (Å²) >= 11 is 0. The van der Waals surface area contributed by atoms with Gasteiger partial charge in [0.05, 0.1) is 6.20 Å². The van der Waals surface area contributed by atoms with Crippen molar-refractivity contribution in [2.24, 2.45) is 14.1 Å². The maximum Gasteiger partial charge on any atom is 0.262 e. The highest BCUT2D eigenvalue weighted by atomic mass is 32.2.